The number of rotatable bonds is 5. The second-order valence-electron chi connectivity index (χ2n) is 6.16. The summed E-state index contributed by atoms with van der Waals surface area (Å²) in [6.07, 6.45) is 0. The van der Waals surface area contributed by atoms with Crippen molar-refractivity contribution in [2.24, 2.45) is 4.99 Å². The zero-order valence-electron chi connectivity index (χ0n) is 15.8. The zero-order valence-corrected chi connectivity index (χ0v) is 17.4. The third kappa shape index (κ3) is 5.63. The Morgan fingerprint density at radius 3 is 2.64 bits per heavy atom. The van der Waals surface area contributed by atoms with E-state index in [0.717, 1.165) is 23.9 Å². The van der Waals surface area contributed by atoms with E-state index in [9.17, 15) is 9.59 Å². The van der Waals surface area contributed by atoms with Crippen molar-refractivity contribution < 1.29 is 14.3 Å². The molecule has 9 heteroatoms. The van der Waals surface area contributed by atoms with Crippen LogP contribution in [0.15, 0.2) is 35.3 Å². The van der Waals surface area contributed by atoms with Crippen LogP contribution in [0.25, 0.3) is 0 Å². The number of carbonyl (C=O) groups is 2. The van der Waals surface area contributed by atoms with Gasteiger partial charge in [0.2, 0.25) is 5.91 Å². The number of Topliss-reactive ketones (excluding diaryl/α,β-unsaturated/α-hetero) is 1. The standard InChI is InChI=1S/C19H22N4O3S2/c1-13-17(14(2)24)28-18(20-13)22-16(25)12-27-19(23-8-10-26-11-9-23)21-15-6-4-3-5-7-15/h3-7H,8-12H2,1-2H3,(H,20,22,25). The maximum atomic E-state index is 12.4. The molecule has 2 aromatic rings. The summed E-state index contributed by atoms with van der Waals surface area (Å²) in [5.41, 5.74) is 1.48. The summed E-state index contributed by atoms with van der Waals surface area (Å²) < 4.78 is 5.42. The summed E-state index contributed by atoms with van der Waals surface area (Å²) in [4.78, 5) is 35.6. The molecule has 1 amide bonds. The van der Waals surface area contributed by atoms with Crippen molar-refractivity contribution in [3.8, 4) is 0 Å². The van der Waals surface area contributed by atoms with Gasteiger partial charge in [-0.05, 0) is 19.1 Å². The Morgan fingerprint density at radius 1 is 1.29 bits per heavy atom. The number of aromatic nitrogens is 1. The molecule has 1 aliphatic rings. The van der Waals surface area contributed by atoms with Crippen LogP contribution in [-0.2, 0) is 9.53 Å². The van der Waals surface area contributed by atoms with Gasteiger partial charge in [0.05, 0.1) is 35.2 Å². The van der Waals surface area contributed by atoms with Crippen molar-refractivity contribution in [3.63, 3.8) is 0 Å². The number of ketones is 1. The second-order valence-corrected chi connectivity index (χ2v) is 8.10. The number of carbonyl (C=O) groups excluding carboxylic acids is 2. The first-order chi connectivity index (χ1) is 13.5. The smallest absolute Gasteiger partial charge is 0.236 e. The number of amides is 1. The third-order valence-corrected chi connectivity index (χ3v) is 6.15. The van der Waals surface area contributed by atoms with Crippen LogP contribution in [0.1, 0.15) is 22.3 Å². The van der Waals surface area contributed by atoms with Gasteiger partial charge in [0, 0.05) is 20.0 Å². The van der Waals surface area contributed by atoms with E-state index in [4.69, 9.17) is 9.73 Å². The molecular formula is C19H22N4O3S2. The van der Waals surface area contributed by atoms with Crippen LogP contribution in [0.5, 0.6) is 0 Å². The number of amidine groups is 1. The lowest BCUT2D eigenvalue weighted by Gasteiger charge is -2.29. The summed E-state index contributed by atoms with van der Waals surface area (Å²) in [5, 5.41) is 4.02. The van der Waals surface area contributed by atoms with Gasteiger partial charge in [0.25, 0.3) is 0 Å². The predicted octanol–water partition coefficient (Wildman–Crippen LogP) is 3.35. The number of para-hydroxylation sites is 1. The number of nitrogens with zero attached hydrogens (tertiary/aromatic N) is 3. The van der Waals surface area contributed by atoms with E-state index < -0.39 is 0 Å². The summed E-state index contributed by atoms with van der Waals surface area (Å²) in [6, 6.07) is 9.68. The molecule has 28 heavy (non-hydrogen) atoms. The molecule has 2 heterocycles. The van der Waals surface area contributed by atoms with Crippen molar-refractivity contribution >= 4 is 50.8 Å². The quantitative estimate of drug-likeness (QED) is 0.455. The molecule has 1 saturated heterocycles. The van der Waals surface area contributed by atoms with Gasteiger partial charge >= 0.3 is 0 Å². The summed E-state index contributed by atoms with van der Waals surface area (Å²) in [5.74, 6) is -0.0193. The van der Waals surface area contributed by atoms with Gasteiger partial charge < -0.3 is 15.0 Å². The molecule has 0 unspecified atom stereocenters. The molecule has 1 aromatic heterocycles. The Balaban J connectivity index is 1.65. The lowest BCUT2D eigenvalue weighted by atomic mass is 10.3. The van der Waals surface area contributed by atoms with Gasteiger partial charge in [-0.1, -0.05) is 41.3 Å². The highest BCUT2D eigenvalue weighted by Crippen LogP contribution is 2.24. The number of nitrogens with one attached hydrogen (secondary N) is 1. The maximum absolute atomic E-state index is 12.4. The third-order valence-electron chi connectivity index (χ3n) is 3.96. The number of anilines is 1. The van der Waals surface area contributed by atoms with E-state index in [1.54, 1.807) is 6.92 Å². The van der Waals surface area contributed by atoms with Crippen LogP contribution in [-0.4, -0.2) is 58.8 Å². The highest BCUT2D eigenvalue weighted by atomic mass is 32.2. The van der Waals surface area contributed by atoms with E-state index in [1.165, 1.54) is 30.0 Å². The molecule has 0 bridgehead atoms. The molecule has 0 saturated carbocycles. The molecule has 148 valence electrons. The van der Waals surface area contributed by atoms with Gasteiger partial charge in [-0.25, -0.2) is 9.98 Å². The summed E-state index contributed by atoms with van der Waals surface area (Å²) in [7, 11) is 0. The van der Waals surface area contributed by atoms with Gasteiger partial charge in [-0.3, -0.25) is 9.59 Å². The first kappa shape index (κ1) is 20.5. The van der Waals surface area contributed by atoms with E-state index in [-0.39, 0.29) is 17.4 Å². The number of benzene rings is 1. The van der Waals surface area contributed by atoms with Crippen LogP contribution in [0.3, 0.4) is 0 Å². The lowest BCUT2D eigenvalue weighted by molar-refractivity contribution is -0.113. The average Bonchev–Trinajstić information content (AvgIpc) is 3.07. The van der Waals surface area contributed by atoms with E-state index >= 15 is 0 Å². The highest BCUT2D eigenvalue weighted by molar-refractivity contribution is 8.14. The normalized spacial score (nSPS) is 14.8. The van der Waals surface area contributed by atoms with Crippen LogP contribution in [0, 0.1) is 6.92 Å². The molecule has 3 rings (SSSR count). The van der Waals surface area contributed by atoms with Crippen molar-refractivity contribution in [2.45, 2.75) is 13.8 Å². The Labute approximate surface area is 172 Å². The van der Waals surface area contributed by atoms with Crippen molar-refractivity contribution in [2.75, 3.05) is 37.4 Å². The average molecular weight is 419 g/mol. The van der Waals surface area contributed by atoms with Gasteiger partial charge in [0.1, 0.15) is 0 Å². The maximum Gasteiger partial charge on any atom is 0.236 e. The van der Waals surface area contributed by atoms with E-state index in [0.29, 0.717) is 28.9 Å². The van der Waals surface area contributed by atoms with Crippen LogP contribution in [0.2, 0.25) is 0 Å². The second kappa shape index (κ2) is 9.81. The summed E-state index contributed by atoms with van der Waals surface area (Å²) >= 11 is 2.59. The Bertz CT molecular complexity index is 861. The Morgan fingerprint density at radius 2 is 2.00 bits per heavy atom. The monoisotopic (exact) mass is 418 g/mol. The molecule has 7 nitrogen and oxygen atoms in total. The van der Waals surface area contributed by atoms with Crippen LogP contribution >= 0.6 is 23.1 Å². The van der Waals surface area contributed by atoms with Gasteiger partial charge in [-0.15, -0.1) is 0 Å². The molecule has 1 N–H and O–H groups in total. The van der Waals surface area contributed by atoms with Crippen molar-refractivity contribution in [3.05, 3.63) is 40.9 Å². The van der Waals surface area contributed by atoms with E-state index in [2.05, 4.69) is 15.2 Å². The fraction of sp³-hybridized carbons (Fsp3) is 0.368. The predicted molar refractivity (Wildman–Crippen MR) is 114 cm³/mol. The minimum absolute atomic E-state index is 0.0468. The molecule has 1 aromatic carbocycles. The van der Waals surface area contributed by atoms with E-state index in [1.807, 2.05) is 30.3 Å². The fourth-order valence-electron chi connectivity index (χ4n) is 2.62. The molecule has 0 aliphatic carbocycles. The number of thiazole rings is 1. The fourth-order valence-corrected chi connectivity index (χ4v) is 4.37. The summed E-state index contributed by atoms with van der Waals surface area (Å²) in [6.45, 7) is 6.04. The topological polar surface area (TPSA) is 83.9 Å². The van der Waals surface area contributed by atoms with Gasteiger partial charge in [-0.2, -0.15) is 0 Å². The highest BCUT2D eigenvalue weighted by Gasteiger charge is 2.18. The first-order valence-electron chi connectivity index (χ1n) is 8.90. The lowest BCUT2D eigenvalue weighted by Crippen LogP contribution is -2.39. The molecule has 0 atom stereocenters. The number of hydrogen-bond acceptors (Lipinski definition) is 7. The molecule has 1 aliphatic heterocycles. The first-order valence-corrected chi connectivity index (χ1v) is 10.7. The molecular weight excluding hydrogens is 396 g/mol. The number of morpholine rings is 1. The number of thioether (sulfide) groups is 1. The SMILES string of the molecule is CC(=O)c1sc(NC(=O)CSC(=Nc2ccccc2)N2CCOCC2)nc1C. The number of aliphatic imine (C=N–C) groups is 1. The minimum atomic E-state index is -0.178. The van der Waals surface area contributed by atoms with Crippen LogP contribution in [0.4, 0.5) is 10.8 Å². The Hall–Kier alpha value is -2.23. The number of aryl methyl sites for hydroxylation is 1. The largest absolute Gasteiger partial charge is 0.378 e. The minimum Gasteiger partial charge on any atom is -0.378 e. The Kier molecular flexibility index (Phi) is 7.18. The molecule has 0 radical (unpaired) electrons. The number of ether oxygens (including phenoxy) is 1. The van der Waals surface area contributed by atoms with Crippen LogP contribution < -0.4 is 5.32 Å². The molecule has 0 spiro atoms. The van der Waals surface area contributed by atoms with Crippen molar-refractivity contribution in [1.82, 2.24) is 9.88 Å². The molecule has 1 fully saturated rings. The van der Waals surface area contributed by atoms with Crippen molar-refractivity contribution in [1.29, 1.82) is 0 Å². The number of hydrogen-bond donors (Lipinski definition) is 1. The van der Waals surface area contributed by atoms with Gasteiger partial charge in [0.15, 0.2) is 16.1 Å². The zero-order chi connectivity index (χ0) is 19.9.